The third-order valence-electron chi connectivity index (χ3n) is 2.41. The smallest absolute Gasteiger partial charge is 0.115 e. The maximum atomic E-state index is 8.71. The molecule has 0 aliphatic heterocycles. The number of rotatable bonds is 3. The van der Waals surface area contributed by atoms with Crippen LogP contribution < -0.4 is 5.32 Å². The second kappa shape index (κ2) is 4.98. The minimum absolute atomic E-state index is 0.182. The van der Waals surface area contributed by atoms with Crippen molar-refractivity contribution in [1.82, 2.24) is 4.98 Å². The zero-order valence-corrected chi connectivity index (χ0v) is 10.6. The maximum absolute atomic E-state index is 8.71. The van der Waals surface area contributed by atoms with Gasteiger partial charge in [-0.3, -0.25) is 0 Å². The van der Waals surface area contributed by atoms with Gasteiger partial charge in [0.1, 0.15) is 5.01 Å². The summed E-state index contributed by atoms with van der Waals surface area (Å²) >= 11 is 1.70. The molecule has 3 nitrogen and oxygen atoms in total. The highest BCUT2D eigenvalue weighted by molar-refractivity contribution is 7.11. The van der Waals surface area contributed by atoms with Crippen LogP contribution in [0, 0.1) is 18.3 Å². The molecular formula is C13H13N3S. The van der Waals surface area contributed by atoms with Gasteiger partial charge in [0.2, 0.25) is 0 Å². The van der Waals surface area contributed by atoms with Gasteiger partial charge in [0, 0.05) is 16.8 Å². The Labute approximate surface area is 105 Å². The molecule has 1 heterocycles. The fourth-order valence-electron chi connectivity index (χ4n) is 1.53. The lowest BCUT2D eigenvalue weighted by molar-refractivity contribution is 0.870. The van der Waals surface area contributed by atoms with E-state index >= 15 is 0 Å². The molecule has 1 unspecified atom stereocenters. The molecular weight excluding hydrogens is 230 g/mol. The highest BCUT2D eigenvalue weighted by Crippen LogP contribution is 2.23. The second-order valence-corrected chi connectivity index (χ2v) is 5.13. The molecule has 86 valence electrons. The summed E-state index contributed by atoms with van der Waals surface area (Å²) in [7, 11) is 0. The summed E-state index contributed by atoms with van der Waals surface area (Å²) in [5.74, 6) is 0. The zero-order valence-electron chi connectivity index (χ0n) is 9.77. The van der Waals surface area contributed by atoms with E-state index in [0.717, 1.165) is 10.7 Å². The molecule has 0 bridgehead atoms. The van der Waals surface area contributed by atoms with Crippen molar-refractivity contribution in [2.75, 3.05) is 5.32 Å². The Morgan fingerprint density at radius 3 is 2.59 bits per heavy atom. The lowest BCUT2D eigenvalue weighted by Gasteiger charge is -2.12. The van der Waals surface area contributed by atoms with Crippen LogP contribution in [0.25, 0.3) is 0 Å². The van der Waals surface area contributed by atoms with Gasteiger partial charge in [0.25, 0.3) is 0 Å². The van der Waals surface area contributed by atoms with Crippen LogP contribution in [-0.2, 0) is 0 Å². The van der Waals surface area contributed by atoms with Gasteiger partial charge in [0.15, 0.2) is 0 Å². The predicted octanol–water partition coefficient (Wildman–Crippen LogP) is 3.50. The number of benzene rings is 1. The van der Waals surface area contributed by atoms with Gasteiger partial charge in [-0.15, -0.1) is 11.3 Å². The standard InChI is InChI=1S/C13H13N3S/c1-9-8-15-13(17-9)10(2)16-12-5-3-11(7-14)4-6-12/h3-6,8,10,16H,1-2H3. The van der Waals surface area contributed by atoms with Crippen LogP contribution >= 0.6 is 11.3 Å². The molecule has 0 fully saturated rings. The van der Waals surface area contributed by atoms with Crippen molar-refractivity contribution < 1.29 is 0 Å². The largest absolute Gasteiger partial charge is 0.376 e. The molecule has 17 heavy (non-hydrogen) atoms. The van der Waals surface area contributed by atoms with Gasteiger partial charge in [0.05, 0.1) is 17.7 Å². The third kappa shape index (κ3) is 2.83. The van der Waals surface area contributed by atoms with Gasteiger partial charge >= 0.3 is 0 Å². The van der Waals surface area contributed by atoms with Crippen molar-refractivity contribution in [3.05, 3.63) is 45.9 Å². The number of aryl methyl sites for hydroxylation is 1. The topological polar surface area (TPSA) is 48.7 Å². The van der Waals surface area contributed by atoms with Gasteiger partial charge in [-0.05, 0) is 38.1 Å². The van der Waals surface area contributed by atoms with Crippen LogP contribution in [0.4, 0.5) is 5.69 Å². The van der Waals surface area contributed by atoms with Gasteiger partial charge in [-0.25, -0.2) is 4.98 Å². The van der Waals surface area contributed by atoms with Gasteiger partial charge in [-0.1, -0.05) is 0 Å². The summed E-state index contributed by atoms with van der Waals surface area (Å²) in [6.07, 6.45) is 1.89. The summed E-state index contributed by atoms with van der Waals surface area (Å²) in [5, 5.41) is 13.1. The zero-order chi connectivity index (χ0) is 12.3. The van der Waals surface area contributed by atoms with Crippen molar-refractivity contribution in [3.63, 3.8) is 0 Å². The molecule has 0 saturated carbocycles. The third-order valence-corrected chi connectivity index (χ3v) is 3.50. The summed E-state index contributed by atoms with van der Waals surface area (Å²) in [4.78, 5) is 5.57. The molecule has 1 N–H and O–H groups in total. The number of nitrogens with one attached hydrogen (secondary N) is 1. The van der Waals surface area contributed by atoms with Crippen LogP contribution in [0.3, 0.4) is 0 Å². The molecule has 1 atom stereocenters. The summed E-state index contributed by atoms with van der Waals surface area (Å²) in [6, 6.07) is 9.73. The predicted molar refractivity (Wildman–Crippen MR) is 70.0 cm³/mol. The second-order valence-electron chi connectivity index (χ2n) is 3.86. The van der Waals surface area contributed by atoms with E-state index < -0.39 is 0 Å². The van der Waals surface area contributed by atoms with Crippen molar-refractivity contribution >= 4 is 17.0 Å². The SMILES string of the molecule is Cc1cnc(C(C)Nc2ccc(C#N)cc2)s1. The monoisotopic (exact) mass is 243 g/mol. The average Bonchev–Trinajstić information content (AvgIpc) is 2.77. The van der Waals surface area contributed by atoms with Crippen molar-refractivity contribution in [2.24, 2.45) is 0 Å². The molecule has 0 aliphatic rings. The molecule has 0 aliphatic carbocycles. The van der Waals surface area contributed by atoms with E-state index in [1.54, 1.807) is 11.3 Å². The van der Waals surface area contributed by atoms with Crippen LogP contribution in [0.2, 0.25) is 0 Å². The maximum Gasteiger partial charge on any atom is 0.115 e. The van der Waals surface area contributed by atoms with E-state index in [4.69, 9.17) is 5.26 Å². The highest BCUT2D eigenvalue weighted by atomic mass is 32.1. The molecule has 0 saturated heterocycles. The summed E-state index contributed by atoms with van der Waals surface area (Å²) in [5.41, 5.74) is 1.68. The van der Waals surface area contributed by atoms with Crippen LogP contribution in [0.5, 0.6) is 0 Å². The lowest BCUT2D eigenvalue weighted by atomic mass is 10.2. The minimum Gasteiger partial charge on any atom is -0.376 e. The van der Waals surface area contributed by atoms with E-state index in [9.17, 15) is 0 Å². The number of hydrogen-bond acceptors (Lipinski definition) is 4. The number of nitriles is 1. The Hall–Kier alpha value is -1.86. The number of hydrogen-bond donors (Lipinski definition) is 1. The molecule has 0 radical (unpaired) electrons. The highest BCUT2D eigenvalue weighted by Gasteiger charge is 2.08. The summed E-state index contributed by atoms with van der Waals surface area (Å²) in [6.45, 7) is 4.13. The van der Waals surface area contributed by atoms with E-state index in [1.807, 2.05) is 30.5 Å². The Bertz CT molecular complexity index is 537. The first kappa shape index (κ1) is 11.6. The fraction of sp³-hybridized carbons (Fsp3) is 0.231. The molecule has 0 spiro atoms. The fourth-order valence-corrected chi connectivity index (χ4v) is 2.30. The number of aromatic nitrogens is 1. The average molecular weight is 243 g/mol. The minimum atomic E-state index is 0.182. The van der Waals surface area contributed by atoms with Crippen molar-refractivity contribution in [2.45, 2.75) is 19.9 Å². The van der Waals surface area contributed by atoms with Crippen molar-refractivity contribution in [1.29, 1.82) is 5.26 Å². The Morgan fingerprint density at radius 2 is 2.06 bits per heavy atom. The van der Waals surface area contributed by atoms with Gasteiger partial charge < -0.3 is 5.32 Å². The summed E-state index contributed by atoms with van der Waals surface area (Å²) < 4.78 is 0. The van der Waals surface area contributed by atoms with E-state index in [0.29, 0.717) is 5.56 Å². The van der Waals surface area contributed by atoms with Crippen molar-refractivity contribution in [3.8, 4) is 6.07 Å². The van der Waals surface area contributed by atoms with Crippen LogP contribution in [-0.4, -0.2) is 4.98 Å². The molecule has 1 aromatic carbocycles. The first-order chi connectivity index (χ1) is 8.19. The Balaban J connectivity index is 2.08. The molecule has 0 amide bonds. The first-order valence-electron chi connectivity index (χ1n) is 5.38. The number of anilines is 1. The quantitative estimate of drug-likeness (QED) is 0.897. The normalized spacial score (nSPS) is 11.8. The molecule has 2 aromatic rings. The van der Waals surface area contributed by atoms with E-state index in [-0.39, 0.29) is 6.04 Å². The lowest BCUT2D eigenvalue weighted by Crippen LogP contribution is -2.05. The van der Waals surface area contributed by atoms with Crippen LogP contribution in [0.1, 0.15) is 28.4 Å². The molecule has 2 rings (SSSR count). The van der Waals surface area contributed by atoms with E-state index in [1.165, 1.54) is 4.88 Å². The van der Waals surface area contributed by atoms with Gasteiger partial charge in [-0.2, -0.15) is 5.26 Å². The van der Waals surface area contributed by atoms with Crippen LogP contribution in [0.15, 0.2) is 30.5 Å². The Morgan fingerprint density at radius 1 is 1.35 bits per heavy atom. The van der Waals surface area contributed by atoms with E-state index in [2.05, 4.69) is 30.2 Å². The number of nitrogens with zero attached hydrogens (tertiary/aromatic N) is 2. The molecule has 4 heteroatoms. The molecule has 1 aromatic heterocycles. The first-order valence-corrected chi connectivity index (χ1v) is 6.19. The number of thiazole rings is 1. The Kier molecular flexibility index (Phi) is 3.40.